The zero-order valence-electron chi connectivity index (χ0n) is 55.5. The van der Waals surface area contributed by atoms with Crippen LogP contribution in [0.4, 0.5) is 0 Å². The van der Waals surface area contributed by atoms with E-state index < -0.39 is 6.10 Å². The largest absolute Gasteiger partial charge is 0.462 e. The van der Waals surface area contributed by atoms with Crippen molar-refractivity contribution in [1.82, 2.24) is 0 Å². The minimum absolute atomic E-state index is 0.0754. The summed E-state index contributed by atoms with van der Waals surface area (Å²) < 4.78 is 17.0. The van der Waals surface area contributed by atoms with Gasteiger partial charge in [-0.3, -0.25) is 14.4 Å². The molecule has 0 rings (SSSR count). The monoisotopic (exact) mass is 1160 g/mol. The Bertz CT molecular complexity index is 1520. The van der Waals surface area contributed by atoms with Crippen LogP contribution in [-0.2, 0) is 28.6 Å². The van der Waals surface area contributed by atoms with Crippen LogP contribution in [0.3, 0.4) is 0 Å². The molecule has 6 heteroatoms. The van der Waals surface area contributed by atoms with Crippen LogP contribution in [0, 0.1) is 0 Å². The molecule has 1 unspecified atom stereocenters. The van der Waals surface area contributed by atoms with E-state index >= 15 is 0 Å². The average Bonchev–Trinajstić information content (AvgIpc) is 3.49. The van der Waals surface area contributed by atoms with Crippen molar-refractivity contribution < 1.29 is 28.6 Å². The lowest BCUT2D eigenvalue weighted by Crippen LogP contribution is -2.30. The summed E-state index contributed by atoms with van der Waals surface area (Å²) in [6.07, 6.45) is 93.7. The minimum Gasteiger partial charge on any atom is -0.462 e. The van der Waals surface area contributed by atoms with E-state index in [1.54, 1.807) is 0 Å². The molecule has 0 aromatic carbocycles. The maximum absolute atomic E-state index is 13.0. The molecule has 0 aromatic rings. The number of allylic oxidation sites excluding steroid dienone is 12. The van der Waals surface area contributed by atoms with E-state index in [-0.39, 0.29) is 31.1 Å². The van der Waals surface area contributed by atoms with E-state index in [9.17, 15) is 14.4 Å². The van der Waals surface area contributed by atoms with Gasteiger partial charge in [0.2, 0.25) is 0 Å². The van der Waals surface area contributed by atoms with Crippen molar-refractivity contribution in [3.63, 3.8) is 0 Å². The second kappa shape index (κ2) is 71.3. The summed E-state index contributed by atoms with van der Waals surface area (Å²) in [7, 11) is 0. The Labute approximate surface area is 516 Å². The Morgan fingerprint density at radius 1 is 0.253 bits per heavy atom. The molecule has 0 aliphatic carbocycles. The van der Waals surface area contributed by atoms with E-state index in [1.807, 2.05) is 0 Å². The standard InChI is InChI=1S/C77H138O6/c1-4-7-10-13-16-19-22-25-27-29-31-33-35-36-37-38-39-40-42-43-45-47-49-52-55-58-61-64-67-70-76(79)82-73-74(72-81-75(78)69-66-63-60-57-54-51-24-21-18-15-12-9-6-3)83-77(80)71-68-65-62-59-56-53-50-48-46-44-41-34-32-30-28-26-23-20-17-14-11-8-5-2/h8,11,17,20,26,28-29,31-32,34,44,46,74H,4-7,9-10,12-16,18-19,21-25,27,30,33,35-43,45,47-73H2,1-3H3/b11-8-,20-17-,28-26-,31-29-,34-32-,46-44-. The zero-order chi connectivity index (χ0) is 59.9. The van der Waals surface area contributed by atoms with Crippen LogP contribution in [0.15, 0.2) is 72.9 Å². The van der Waals surface area contributed by atoms with Crippen LogP contribution in [0.5, 0.6) is 0 Å². The van der Waals surface area contributed by atoms with Crippen molar-refractivity contribution in [2.75, 3.05) is 13.2 Å². The number of esters is 3. The molecule has 0 saturated heterocycles. The van der Waals surface area contributed by atoms with Crippen molar-refractivity contribution in [3.8, 4) is 0 Å². The van der Waals surface area contributed by atoms with Crippen molar-refractivity contribution in [2.24, 2.45) is 0 Å². The number of carbonyl (C=O) groups is 3. The topological polar surface area (TPSA) is 78.9 Å². The highest BCUT2D eigenvalue weighted by Gasteiger charge is 2.19. The highest BCUT2D eigenvalue weighted by molar-refractivity contribution is 5.71. The summed E-state index contributed by atoms with van der Waals surface area (Å²) >= 11 is 0. The van der Waals surface area contributed by atoms with Gasteiger partial charge in [0.05, 0.1) is 0 Å². The molecule has 0 aliphatic rings. The first-order valence-corrected chi connectivity index (χ1v) is 36.4. The summed E-state index contributed by atoms with van der Waals surface area (Å²) in [6, 6.07) is 0. The molecule has 0 radical (unpaired) electrons. The Kier molecular flexibility index (Phi) is 68.6. The number of unbranched alkanes of at least 4 members (excludes halogenated alkanes) is 44. The lowest BCUT2D eigenvalue weighted by Gasteiger charge is -2.18. The van der Waals surface area contributed by atoms with Crippen molar-refractivity contribution in [1.29, 1.82) is 0 Å². The maximum Gasteiger partial charge on any atom is 0.306 e. The van der Waals surface area contributed by atoms with Crippen LogP contribution < -0.4 is 0 Å². The van der Waals surface area contributed by atoms with E-state index in [4.69, 9.17) is 14.2 Å². The number of hydrogen-bond donors (Lipinski definition) is 0. The quantitative estimate of drug-likeness (QED) is 0.0261. The van der Waals surface area contributed by atoms with Gasteiger partial charge in [-0.2, -0.15) is 0 Å². The molecule has 0 spiro atoms. The second-order valence-electron chi connectivity index (χ2n) is 24.5. The number of ether oxygens (including phenoxy) is 3. The summed E-state index contributed by atoms with van der Waals surface area (Å²) in [6.45, 7) is 6.57. The fourth-order valence-corrected chi connectivity index (χ4v) is 10.8. The van der Waals surface area contributed by atoms with Crippen LogP contribution in [0.1, 0.15) is 380 Å². The van der Waals surface area contributed by atoms with Gasteiger partial charge in [-0.1, -0.05) is 344 Å². The van der Waals surface area contributed by atoms with Gasteiger partial charge in [-0.25, -0.2) is 0 Å². The molecule has 0 aliphatic heterocycles. The molecule has 0 bridgehead atoms. The van der Waals surface area contributed by atoms with Gasteiger partial charge in [0.25, 0.3) is 0 Å². The molecule has 0 fully saturated rings. The predicted molar refractivity (Wildman–Crippen MR) is 362 cm³/mol. The zero-order valence-corrected chi connectivity index (χ0v) is 55.5. The third-order valence-corrected chi connectivity index (χ3v) is 16.2. The Balaban J connectivity index is 4.24. The molecule has 482 valence electrons. The molecular weight excluding hydrogens is 1020 g/mol. The van der Waals surface area contributed by atoms with Gasteiger partial charge in [0, 0.05) is 19.3 Å². The molecule has 0 aromatic heterocycles. The first-order chi connectivity index (χ1) is 41.0. The van der Waals surface area contributed by atoms with Gasteiger partial charge < -0.3 is 14.2 Å². The molecule has 83 heavy (non-hydrogen) atoms. The van der Waals surface area contributed by atoms with Crippen LogP contribution in [0.25, 0.3) is 0 Å². The molecule has 1 atom stereocenters. The average molecular weight is 1160 g/mol. The fraction of sp³-hybridized carbons (Fsp3) is 0.805. The van der Waals surface area contributed by atoms with E-state index in [0.29, 0.717) is 19.3 Å². The normalized spacial score (nSPS) is 12.5. The van der Waals surface area contributed by atoms with Crippen LogP contribution >= 0.6 is 0 Å². The van der Waals surface area contributed by atoms with Gasteiger partial charge >= 0.3 is 17.9 Å². The molecule has 0 amide bonds. The summed E-state index contributed by atoms with van der Waals surface area (Å²) in [4.78, 5) is 38.5. The van der Waals surface area contributed by atoms with Crippen LogP contribution in [0.2, 0.25) is 0 Å². The Morgan fingerprint density at radius 3 is 0.747 bits per heavy atom. The lowest BCUT2D eigenvalue weighted by molar-refractivity contribution is -0.167. The SMILES string of the molecule is CC/C=C\C/C=C\C/C=C\C/C=C\C/C=C\CCCCCCCCCC(=O)OC(COC(=O)CCCCCCCCCCCCCCC)COC(=O)CCCCCCCCCCCCCCCCCCC/C=C\CCCCCCCCCC. The fourth-order valence-electron chi connectivity index (χ4n) is 10.8. The molecule has 6 nitrogen and oxygen atoms in total. The van der Waals surface area contributed by atoms with Crippen molar-refractivity contribution in [2.45, 2.75) is 386 Å². The Hall–Kier alpha value is -3.15. The smallest absolute Gasteiger partial charge is 0.306 e. The number of carbonyl (C=O) groups excluding carboxylic acids is 3. The molecular formula is C77H138O6. The number of rotatable bonds is 67. The van der Waals surface area contributed by atoms with Crippen LogP contribution in [-0.4, -0.2) is 37.2 Å². The molecule has 0 heterocycles. The summed E-state index contributed by atoms with van der Waals surface area (Å²) in [5, 5.41) is 0. The van der Waals surface area contributed by atoms with E-state index in [1.165, 1.54) is 244 Å². The van der Waals surface area contributed by atoms with E-state index in [0.717, 1.165) is 96.3 Å². The molecule has 0 N–H and O–H groups in total. The number of hydrogen-bond acceptors (Lipinski definition) is 6. The van der Waals surface area contributed by atoms with Gasteiger partial charge in [-0.15, -0.1) is 0 Å². The third-order valence-electron chi connectivity index (χ3n) is 16.2. The lowest BCUT2D eigenvalue weighted by atomic mass is 10.0. The minimum atomic E-state index is -0.781. The summed E-state index contributed by atoms with van der Waals surface area (Å²) in [5.74, 6) is -0.863. The highest BCUT2D eigenvalue weighted by atomic mass is 16.6. The second-order valence-corrected chi connectivity index (χ2v) is 24.5. The predicted octanol–water partition coefficient (Wildman–Crippen LogP) is 25.2. The van der Waals surface area contributed by atoms with Crippen molar-refractivity contribution in [3.05, 3.63) is 72.9 Å². The first kappa shape index (κ1) is 79.8. The molecule has 0 saturated carbocycles. The van der Waals surface area contributed by atoms with Gasteiger partial charge in [0.1, 0.15) is 13.2 Å². The first-order valence-electron chi connectivity index (χ1n) is 36.4. The summed E-state index contributed by atoms with van der Waals surface area (Å²) in [5.41, 5.74) is 0. The van der Waals surface area contributed by atoms with Gasteiger partial charge in [0.15, 0.2) is 6.10 Å². The third kappa shape index (κ3) is 69.5. The van der Waals surface area contributed by atoms with E-state index in [2.05, 4.69) is 93.7 Å². The van der Waals surface area contributed by atoms with Crippen molar-refractivity contribution >= 4 is 17.9 Å². The maximum atomic E-state index is 13.0. The highest BCUT2D eigenvalue weighted by Crippen LogP contribution is 2.18. The van der Waals surface area contributed by atoms with Gasteiger partial charge in [-0.05, 0) is 89.9 Å². The Morgan fingerprint density at radius 2 is 0.470 bits per heavy atom.